The van der Waals surface area contributed by atoms with Crippen molar-refractivity contribution in [1.29, 1.82) is 0 Å². The molecule has 0 bridgehead atoms. The van der Waals surface area contributed by atoms with Crippen molar-refractivity contribution in [2.45, 2.75) is 5.79 Å². The van der Waals surface area contributed by atoms with Crippen LogP contribution in [0.4, 0.5) is 0 Å². The maximum absolute atomic E-state index is 11.0. The maximum Gasteiger partial charge on any atom is 0.190 e. The minimum atomic E-state index is -0.501. The Hall–Kier alpha value is -1.62. The molecule has 1 fully saturated rings. The Labute approximate surface area is 114 Å². The standard InChI is InChI=1S/C12H11N3O2.Mn/c16-7-10-3-1-5-14(10)12(9-13-12)15-6-2-4-11(15)8-17;/h1-8,13H,9H2;. The van der Waals surface area contributed by atoms with E-state index in [1.165, 1.54) is 0 Å². The van der Waals surface area contributed by atoms with Crippen LogP contribution in [-0.2, 0) is 22.9 Å². The molecule has 0 atom stereocenters. The number of carbonyl (C=O) groups excluding carboxylic acids is 2. The van der Waals surface area contributed by atoms with Crippen LogP contribution in [0.25, 0.3) is 0 Å². The second kappa shape index (κ2) is 4.57. The van der Waals surface area contributed by atoms with Gasteiger partial charge in [-0.05, 0) is 24.3 Å². The third-order valence-corrected chi connectivity index (χ3v) is 3.09. The topological polar surface area (TPSA) is 65.9 Å². The third kappa shape index (κ3) is 1.66. The number of carbonyl (C=O) groups is 2. The van der Waals surface area contributed by atoms with Gasteiger partial charge in [-0.1, -0.05) is 0 Å². The smallest absolute Gasteiger partial charge is 0.190 e. The molecule has 1 N–H and O–H groups in total. The SMILES string of the molecule is O=Cc1cccn1C1(n2cccc2C=O)CN1.[Mn]. The van der Waals surface area contributed by atoms with E-state index in [0.29, 0.717) is 17.9 Å². The minimum Gasteiger partial charge on any atom is -0.308 e. The monoisotopic (exact) mass is 284 g/mol. The van der Waals surface area contributed by atoms with Gasteiger partial charge in [-0.15, -0.1) is 0 Å². The fraction of sp³-hybridized carbons (Fsp3) is 0.167. The summed E-state index contributed by atoms with van der Waals surface area (Å²) in [5.74, 6) is -0.501. The molecule has 2 aromatic heterocycles. The second-order valence-electron chi connectivity index (χ2n) is 4.01. The number of aromatic nitrogens is 2. The molecule has 1 radical (unpaired) electrons. The first-order valence-electron chi connectivity index (χ1n) is 5.33. The summed E-state index contributed by atoms with van der Waals surface area (Å²) in [5.41, 5.74) is 1.17. The summed E-state index contributed by atoms with van der Waals surface area (Å²) in [4.78, 5) is 21.9. The molecule has 18 heavy (non-hydrogen) atoms. The molecule has 93 valence electrons. The first-order valence-corrected chi connectivity index (χ1v) is 5.33. The van der Waals surface area contributed by atoms with Gasteiger partial charge in [0.15, 0.2) is 18.4 Å². The van der Waals surface area contributed by atoms with Crippen LogP contribution >= 0.6 is 0 Å². The molecule has 6 heteroatoms. The van der Waals surface area contributed by atoms with Crippen LogP contribution < -0.4 is 5.32 Å². The van der Waals surface area contributed by atoms with Gasteiger partial charge in [0.05, 0.1) is 17.9 Å². The minimum absolute atomic E-state index is 0. The predicted octanol–water partition coefficient (Wildman–Crippen LogP) is 0.674. The molecular weight excluding hydrogens is 273 g/mol. The van der Waals surface area contributed by atoms with Gasteiger partial charge in [-0.2, -0.15) is 0 Å². The zero-order valence-corrected chi connectivity index (χ0v) is 10.6. The van der Waals surface area contributed by atoms with Crippen LogP contribution in [0.3, 0.4) is 0 Å². The molecule has 2 aromatic rings. The van der Waals surface area contributed by atoms with E-state index in [4.69, 9.17) is 0 Å². The maximum atomic E-state index is 11.0. The van der Waals surface area contributed by atoms with Crippen LogP contribution in [0.2, 0.25) is 0 Å². The predicted molar refractivity (Wildman–Crippen MR) is 61.0 cm³/mol. The van der Waals surface area contributed by atoms with Gasteiger partial charge in [0.1, 0.15) is 0 Å². The van der Waals surface area contributed by atoms with Crippen LogP contribution in [0.5, 0.6) is 0 Å². The molecule has 5 nitrogen and oxygen atoms in total. The summed E-state index contributed by atoms with van der Waals surface area (Å²) in [5, 5.41) is 3.21. The van der Waals surface area contributed by atoms with Crippen LogP contribution in [0, 0.1) is 0 Å². The van der Waals surface area contributed by atoms with Crippen molar-refractivity contribution in [1.82, 2.24) is 14.5 Å². The number of hydrogen-bond donors (Lipinski definition) is 1. The van der Waals surface area contributed by atoms with E-state index in [1.807, 2.05) is 33.7 Å². The Morgan fingerprint density at radius 2 is 1.50 bits per heavy atom. The Bertz CT molecular complexity index is 535. The van der Waals surface area contributed by atoms with E-state index in [9.17, 15) is 9.59 Å². The van der Waals surface area contributed by atoms with Crippen molar-refractivity contribution in [2.24, 2.45) is 0 Å². The molecule has 0 unspecified atom stereocenters. The van der Waals surface area contributed by atoms with Crippen molar-refractivity contribution < 1.29 is 26.7 Å². The van der Waals surface area contributed by atoms with Gasteiger partial charge in [-0.25, -0.2) is 0 Å². The summed E-state index contributed by atoms with van der Waals surface area (Å²) >= 11 is 0. The summed E-state index contributed by atoms with van der Waals surface area (Å²) in [6.07, 6.45) is 5.29. The Balaban J connectivity index is 0.00000120. The Morgan fingerprint density at radius 3 is 1.83 bits per heavy atom. The second-order valence-corrected chi connectivity index (χ2v) is 4.01. The molecule has 3 rings (SSSR count). The molecule has 0 aromatic carbocycles. The van der Waals surface area contributed by atoms with Crippen molar-refractivity contribution in [3.05, 3.63) is 48.0 Å². The molecule has 1 aliphatic rings. The van der Waals surface area contributed by atoms with E-state index in [2.05, 4.69) is 5.32 Å². The average Bonchev–Trinajstić information content (AvgIpc) is 2.85. The first kappa shape index (κ1) is 12.8. The van der Waals surface area contributed by atoms with E-state index < -0.39 is 5.79 Å². The fourth-order valence-corrected chi connectivity index (χ4v) is 2.19. The van der Waals surface area contributed by atoms with Crippen LogP contribution in [0.15, 0.2) is 36.7 Å². The van der Waals surface area contributed by atoms with Gasteiger partial charge in [0.2, 0.25) is 0 Å². The molecule has 0 amide bonds. The summed E-state index contributed by atoms with van der Waals surface area (Å²) in [6.45, 7) is 0.692. The summed E-state index contributed by atoms with van der Waals surface area (Å²) < 4.78 is 3.68. The zero-order chi connectivity index (χ0) is 11.9. The summed E-state index contributed by atoms with van der Waals surface area (Å²) in [6, 6.07) is 7.13. The fourth-order valence-electron chi connectivity index (χ4n) is 2.19. The van der Waals surface area contributed by atoms with Gasteiger partial charge in [0, 0.05) is 29.5 Å². The van der Waals surface area contributed by atoms with E-state index in [1.54, 1.807) is 12.1 Å². The van der Waals surface area contributed by atoms with E-state index in [0.717, 1.165) is 12.6 Å². The quantitative estimate of drug-likeness (QED) is 0.510. The molecule has 3 heterocycles. The van der Waals surface area contributed by atoms with E-state index >= 15 is 0 Å². The number of nitrogens with one attached hydrogen (secondary N) is 1. The van der Waals surface area contributed by atoms with E-state index in [-0.39, 0.29) is 17.1 Å². The van der Waals surface area contributed by atoms with Crippen molar-refractivity contribution in [2.75, 3.05) is 6.54 Å². The van der Waals surface area contributed by atoms with Crippen molar-refractivity contribution in [3.8, 4) is 0 Å². The number of aldehydes is 2. The van der Waals surface area contributed by atoms with Gasteiger partial charge < -0.3 is 9.13 Å². The Kier molecular flexibility index (Phi) is 3.26. The number of nitrogens with zero attached hydrogens (tertiary/aromatic N) is 2. The molecular formula is C12H11MnN3O2. The van der Waals surface area contributed by atoms with Crippen molar-refractivity contribution >= 4 is 12.6 Å². The van der Waals surface area contributed by atoms with Crippen molar-refractivity contribution in [3.63, 3.8) is 0 Å². The van der Waals surface area contributed by atoms with Gasteiger partial charge in [-0.3, -0.25) is 14.9 Å². The molecule has 1 aliphatic heterocycles. The Morgan fingerprint density at radius 1 is 1.06 bits per heavy atom. The van der Waals surface area contributed by atoms with Crippen LogP contribution in [-0.4, -0.2) is 28.3 Å². The molecule has 0 spiro atoms. The third-order valence-electron chi connectivity index (χ3n) is 3.09. The number of hydrogen-bond acceptors (Lipinski definition) is 3. The molecule has 0 saturated carbocycles. The summed E-state index contributed by atoms with van der Waals surface area (Å²) in [7, 11) is 0. The molecule has 0 aliphatic carbocycles. The largest absolute Gasteiger partial charge is 0.308 e. The van der Waals surface area contributed by atoms with Crippen LogP contribution in [0.1, 0.15) is 21.0 Å². The zero-order valence-electron chi connectivity index (χ0n) is 9.41. The number of rotatable bonds is 4. The normalized spacial score (nSPS) is 15.8. The first-order chi connectivity index (χ1) is 8.31. The average molecular weight is 284 g/mol. The van der Waals surface area contributed by atoms with Gasteiger partial charge in [0.25, 0.3) is 0 Å². The molecule has 1 saturated heterocycles. The van der Waals surface area contributed by atoms with Gasteiger partial charge >= 0.3 is 0 Å².